The van der Waals surface area contributed by atoms with Crippen LogP contribution >= 0.6 is 0 Å². The molecule has 15 heavy (non-hydrogen) atoms. The number of nitrogens with two attached hydrogens (primary N) is 1. The van der Waals surface area contributed by atoms with Crippen molar-refractivity contribution in [2.75, 3.05) is 6.54 Å². The molecule has 0 spiro atoms. The van der Waals surface area contributed by atoms with Gasteiger partial charge in [0.15, 0.2) is 0 Å². The molecular weight excluding hydrogens is 182 g/mol. The summed E-state index contributed by atoms with van der Waals surface area (Å²) < 4.78 is 0. The van der Waals surface area contributed by atoms with Crippen molar-refractivity contribution in [1.82, 2.24) is 0 Å². The second-order valence-electron chi connectivity index (χ2n) is 5.80. The van der Waals surface area contributed by atoms with Crippen LogP contribution in [0.2, 0.25) is 0 Å². The molecule has 0 aromatic rings. The second-order valence-corrected chi connectivity index (χ2v) is 5.80. The zero-order valence-corrected chi connectivity index (χ0v) is 10.8. The van der Waals surface area contributed by atoms with E-state index in [1.807, 2.05) is 0 Å². The van der Waals surface area contributed by atoms with Crippen LogP contribution in [0.4, 0.5) is 0 Å². The molecule has 1 aliphatic rings. The van der Waals surface area contributed by atoms with E-state index < -0.39 is 0 Å². The molecule has 1 rings (SSSR count). The van der Waals surface area contributed by atoms with Crippen molar-refractivity contribution < 1.29 is 0 Å². The summed E-state index contributed by atoms with van der Waals surface area (Å²) in [5.74, 6) is 3.58. The topological polar surface area (TPSA) is 26.0 Å². The Labute approximate surface area is 95.8 Å². The average molecular weight is 211 g/mol. The zero-order chi connectivity index (χ0) is 11.3. The maximum absolute atomic E-state index is 5.89. The summed E-state index contributed by atoms with van der Waals surface area (Å²) in [6.45, 7) is 8.03. The van der Waals surface area contributed by atoms with Gasteiger partial charge in [0.1, 0.15) is 0 Å². The van der Waals surface area contributed by atoms with Crippen LogP contribution in [0.5, 0.6) is 0 Å². The molecule has 90 valence electrons. The van der Waals surface area contributed by atoms with Crippen molar-refractivity contribution in [3.8, 4) is 0 Å². The summed E-state index contributed by atoms with van der Waals surface area (Å²) in [7, 11) is 0. The van der Waals surface area contributed by atoms with E-state index in [0.717, 1.165) is 30.2 Å². The van der Waals surface area contributed by atoms with E-state index in [-0.39, 0.29) is 0 Å². The first-order chi connectivity index (χ1) is 7.17. The lowest BCUT2D eigenvalue weighted by atomic mass is 9.71. The Morgan fingerprint density at radius 3 is 2.60 bits per heavy atom. The molecule has 0 amide bonds. The predicted octanol–water partition coefficient (Wildman–Crippen LogP) is 3.82. The van der Waals surface area contributed by atoms with Crippen LogP contribution in [0.3, 0.4) is 0 Å². The molecular formula is C14H29N. The van der Waals surface area contributed by atoms with E-state index >= 15 is 0 Å². The second kappa shape index (κ2) is 6.52. The highest BCUT2D eigenvalue weighted by atomic mass is 14.6. The molecule has 1 heteroatoms. The van der Waals surface area contributed by atoms with Crippen LogP contribution in [-0.4, -0.2) is 6.54 Å². The predicted molar refractivity (Wildman–Crippen MR) is 67.7 cm³/mol. The highest BCUT2D eigenvalue weighted by molar-refractivity contribution is 4.80. The van der Waals surface area contributed by atoms with Crippen LogP contribution in [0.25, 0.3) is 0 Å². The molecule has 1 nitrogen and oxygen atoms in total. The van der Waals surface area contributed by atoms with Gasteiger partial charge in [0.05, 0.1) is 0 Å². The summed E-state index contributed by atoms with van der Waals surface area (Å²) in [6, 6.07) is 0. The monoisotopic (exact) mass is 211 g/mol. The first-order valence-electron chi connectivity index (χ1n) is 6.87. The highest BCUT2D eigenvalue weighted by Gasteiger charge is 2.28. The van der Waals surface area contributed by atoms with Gasteiger partial charge in [-0.3, -0.25) is 0 Å². The Morgan fingerprint density at radius 2 is 2.00 bits per heavy atom. The third kappa shape index (κ3) is 4.14. The van der Waals surface area contributed by atoms with E-state index in [0.29, 0.717) is 0 Å². The molecule has 4 unspecified atom stereocenters. The minimum atomic E-state index is 0.820. The Hall–Kier alpha value is -0.0400. The lowest BCUT2D eigenvalue weighted by Crippen LogP contribution is -2.30. The van der Waals surface area contributed by atoms with Gasteiger partial charge in [-0.25, -0.2) is 0 Å². The van der Waals surface area contributed by atoms with E-state index in [1.54, 1.807) is 0 Å². The Morgan fingerprint density at radius 1 is 1.27 bits per heavy atom. The lowest BCUT2D eigenvalue weighted by molar-refractivity contribution is 0.163. The van der Waals surface area contributed by atoms with Gasteiger partial charge in [-0.05, 0) is 49.5 Å². The fourth-order valence-corrected chi connectivity index (χ4v) is 3.29. The summed E-state index contributed by atoms with van der Waals surface area (Å²) in [6.07, 6.45) is 8.34. The molecule has 0 aliphatic heterocycles. The molecule has 1 aliphatic carbocycles. The minimum absolute atomic E-state index is 0.820. The maximum atomic E-state index is 5.89. The number of hydrogen-bond acceptors (Lipinski definition) is 1. The molecule has 0 aromatic heterocycles. The van der Waals surface area contributed by atoms with Gasteiger partial charge in [0.25, 0.3) is 0 Å². The number of hydrogen-bond donors (Lipinski definition) is 1. The quantitative estimate of drug-likeness (QED) is 0.735. The van der Waals surface area contributed by atoms with Crippen molar-refractivity contribution in [1.29, 1.82) is 0 Å². The SMILES string of the molecule is CCCC(C)CC1CC(C)CCC1CN. The van der Waals surface area contributed by atoms with Crippen LogP contribution < -0.4 is 5.73 Å². The molecule has 0 heterocycles. The molecule has 0 radical (unpaired) electrons. The standard InChI is InChI=1S/C14H29N/c1-4-5-11(2)8-14-9-12(3)6-7-13(14)10-15/h11-14H,4-10,15H2,1-3H3. The van der Waals surface area contributed by atoms with E-state index in [9.17, 15) is 0 Å². The Bertz CT molecular complexity index is 167. The summed E-state index contributed by atoms with van der Waals surface area (Å²) in [5, 5.41) is 0. The van der Waals surface area contributed by atoms with Crippen molar-refractivity contribution in [3.63, 3.8) is 0 Å². The first-order valence-corrected chi connectivity index (χ1v) is 6.87. The van der Waals surface area contributed by atoms with Crippen LogP contribution in [0, 0.1) is 23.7 Å². The summed E-state index contributed by atoms with van der Waals surface area (Å²) >= 11 is 0. The van der Waals surface area contributed by atoms with Gasteiger partial charge in [-0.1, -0.05) is 40.0 Å². The average Bonchev–Trinajstić information content (AvgIpc) is 2.18. The Kier molecular flexibility index (Phi) is 5.66. The van der Waals surface area contributed by atoms with Gasteiger partial charge < -0.3 is 5.73 Å². The van der Waals surface area contributed by atoms with Crippen LogP contribution in [0.1, 0.15) is 59.3 Å². The normalized spacial score (nSPS) is 34.0. The van der Waals surface area contributed by atoms with Gasteiger partial charge in [0, 0.05) is 0 Å². The number of rotatable bonds is 5. The molecule has 4 atom stereocenters. The smallest absolute Gasteiger partial charge is 0.00462 e. The largest absolute Gasteiger partial charge is 0.330 e. The molecule has 0 saturated heterocycles. The molecule has 2 N–H and O–H groups in total. The highest BCUT2D eigenvalue weighted by Crippen LogP contribution is 2.37. The van der Waals surface area contributed by atoms with Gasteiger partial charge >= 0.3 is 0 Å². The van der Waals surface area contributed by atoms with Gasteiger partial charge in [0.2, 0.25) is 0 Å². The van der Waals surface area contributed by atoms with E-state index in [1.165, 1.54) is 38.5 Å². The van der Waals surface area contributed by atoms with Crippen molar-refractivity contribution in [2.24, 2.45) is 29.4 Å². The first kappa shape index (κ1) is 13.0. The van der Waals surface area contributed by atoms with Gasteiger partial charge in [-0.2, -0.15) is 0 Å². The summed E-state index contributed by atoms with van der Waals surface area (Å²) in [5.41, 5.74) is 5.89. The maximum Gasteiger partial charge on any atom is -0.00462 e. The third-order valence-corrected chi connectivity index (χ3v) is 4.19. The van der Waals surface area contributed by atoms with Gasteiger partial charge in [-0.15, -0.1) is 0 Å². The third-order valence-electron chi connectivity index (χ3n) is 4.19. The fourth-order valence-electron chi connectivity index (χ4n) is 3.29. The van der Waals surface area contributed by atoms with Crippen molar-refractivity contribution >= 4 is 0 Å². The van der Waals surface area contributed by atoms with Crippen molar-refractivity contribution in [3.05, 3.63) is 0 Å². The molecule has 1 fully saturated rings. The lowest BCUT2D eigenvalue weighted by Gasteiger charge is -2.35. The minimum Gasteiger partial charge on any atom is -0.330 e. The summed E-state index contributed by atoms with van der Waals surface area (Å²) in [4.78, 5) is 0. The zero-order valence-electron chi connectivity index (χ0n) is 10.8. The Balaban J connectivity index is 2.40. The fraction of sp³-hybridized carbons (Fsp3) is 1.00. The van der Waals surface area contributed by atoms with Crippen molar-refractivity contribution in [2.45, 2.75) is 59.3 Å². The molecule has 0 aromatic carbocycles. The molecule has 1 saturated carbocycles. The molecule has 0 bridgehead atoms. The van der Waals surface area contributed by atoms with Crippen LogP contribution in [-0.2, 0) is 0 Å². The van der Waals surface area contributed by atoms with Crippen LogP contribution in [0.15, 0.2) is 0 Å². The van der Waals surface area contributed by atoms with E-state index in [4.69, 9.17) is 5.73 Å². The van der Waals surface area contributed by atoms with E-state index in [2.05, 4.69) is 20.8 Å².